The van der Waals surface area contributed by atoms with Gasteiger partial charge in [-0.1, -0.05) is 30.3 Å². The molecule has 0 saturated carbocycles. The van der Waals surface area contributed by atoms with Gasteiger partial charge in [-0.2, -0.15) is 13.2 Å². The van der Waals surface area contributed by atoms with Crippen molar-refractivity contribution in [3.63, 3.8) is 0 Å². The summed E-state index contributed by atoms with van der Waals surface area (Å²) in [4.78, 5) is 14.1. The quantitative estimate of drug-likeness (QED) is 0.572. The van der Waals surface area contributed by atoms with Crippen molar-refractivity contribution in [3.8, 4) is 0 Å². The maximum absolute atomic E-state index is 13.4. The summed E-state index contributed by atoms with van der Waals surface area (Å²) in [6, 6.07) is 13.4. The Bertz CT molecular complexity index is 984. The van der Waals surface area contributed by atoms with Gasteiger partial charge in [0.25, 0.3) is 0 Å². The van der Waals surface area contributed by atoms with E-state index in [0.717, 1.165) is 24.6 Å². The van der Waals surface area contributed by atoms with Crippen molar-refractivity contribution in [3.05, 3.63) is 65.2 Å². The highest BCUT2D eigenvalue weighted by Crippen LogP contribution is 2.51. The monoisotopic (exact) mass is 476 g/mol. The number of nitrogens with one attached hydrogen (secondary N) is 3. The average molecular weight is 477 g/mol. The molecule has 9 heteroatoms. The van der Waals surface area contributed by atoms with Crippen LogP contribution in [0.2, 0.25) is 0 Å². The number of hydrogen-bond acceptors (Lipinski definition) is 4. The normalized spacial score (nSPS) is 24.1. The van der Waals surface area contributed by atoms with E-state index in [1.165, 1.54) is 12.1 Å². The molecule has 2 amide bonds. The van der Waals surface area contributed by atoms with E-state index in [4.69, 9.17) is 4.74 Å². The summed E-state index contributed by atoms with van der Waals surface area (Å²) < 4.78 is 46.7. The average Bonchev–Trinajstić information content (AvgIpc) is 2.81. The standard InChI is InChI=1S/C25H31F3N4O2/c1-32(2)13-12-29-24(33)30-15-18-9-10-19-22(16-6-4-3-5-7-16)31-21-11-8-17(25(26,27)28)14-20(21)23(19)34-18/h3-8,11,14,18-19,22-23,31H,9-10,12-13,15H2,1-2H3,(H2,29,30,33)/t18?,19?,22-,23-/m0/s1. The van der Waals surface area contributed by atoms with Crippen LogP contribution in [0.3, 0.4) is 0 Å². The van der Waals surface area contributed by atoms with E-state index in [0.29, 0.717) is 30.8 Å². The lowest BCUT2D eigenvalue weighted by molar-refractivity contribution is -0.138. The molecule has 2 aromatic carbocycles. The molecule has 2 aliphatic rings. The van der Waals surface area contributed by atoms with E-state index in [1.807, 2.05) is 49.3 Å². The minimum Gasteiger partial charge on any atom is -0.378 e. The van der Waals surface area contributed by atoms with Crippen molar-refractivity contribution in [2.24, 2.45) is 5.92 Å². The molecule has 2 unspecified atom stereocenters. The van der Waals surface area contributed by atoms with Gasteiger partial charge in [0, 0.05) is 36.8 Å². The minimum atomic E-state index is -4.43. The topological polar surface area (TPSA) is 65.6 Å². The highest BCUT2D eigenvalue weighted by Gasteiger charge is 2.43. The van der Waals surface area contributed by atoms with Gasteiger partial charge in [-0.3, -0.25) is 0 Å². The third kappa shape index (κ3) is 5.64. The number of hydrogen-bond donors (Lipinski definition) is 3. The molecule has 2 aliphatic heterocycles. The van der Waals surface area contributed by atoms with Crippen molar-refractivity contribution in [1.29, 1.82) is 0 Å². The Hall–Kier alpha value is -2.78. The number of carbonyl (C=O) groups excluding carboxylic acids is 1. The van der Waals surface area contributed by atoms with Crippen LogP contribution < -0.4 is 16.0 Å². The summed E-state index contributed by atoms with van der Waals surface area (Å²) in [5.41, 5.74) is 1.56. The molecule has 1 fully saturated rings. The van der Waals surface area contributed by atoms with Gasteiger partial charge in [-0.15, -0.1) is 0 Å². The van der Waals surface area contributed by atoms with E-state index in [2.05, 4.69) is 16.0 Å². The maximum atomic E-state index is 13.4. The number of fused-ring (bicyclic) bond motifs is 3. The van der Waals surface area contributed by atoms with Crippen molar-refractivity contribution in [2.45, 2.75) is 37.3 Å². The van der Waals surface area contributed by atoms with E-state index in [1.54, 1.807) is 0 Å². The SMILES string of the molecule is CN(C)CCNC(=O)NCC1CCC2[C@H](O1)c1cc(C(F)(F)F)ccc1N[C@H]2c1ccccc1. The molecule has 4 rings (SSSR count). The number of alkyl halides is 3. The van der Waals surface area contributed by atoms with Gasteiger partial charge in [0.05, 0.1) is 23.8 Å². The molecular formula is C25H31F3N4O2. The van der Waals surface area contributed by atoms with Gasteiger partial charge >= 0.3 is 12.2 Å². The van der Waals surface area contributed by atoms with Crippen LogP contribution in [0.1, 0.15) is 41.7 Å². The van der Waals surface area contributed by atoms with Crippen LogP contribution in [0.4, 0.5) is 23.7 Å². The molecule has 34 heavy (non-hydrogen) atoms. The Kier molecular flexibility index (Phi) is 7.33. The molecule has 0 aromatic heterocycles. The summed E-state index contributed by atoms with van der Waals surface area (Å²) in [5, 5.41) is 9.09. The Labute approximate surface area is 197 Å². The zero-order chi connectivity index (χ0) is 24.3. The second kappa shape index (κ2) is 10.2. The molecule has 0 spiro atoms. The molecule has 1 saturated heterocycles. The maximum Gasteiger partial charge on any atom is 0.416 e. The predicted octanol–water partition coefficient (Wildman–Crippen LogP) is 4.57. The summed E-state index contributed by atoms with van der Waals surface area (Å²) in [7, 11) is 3.85. The van der Waals surface area contributed by atoms with E-state index >= 15 is 0 Å². The van der Waals surface area contributed by atoms with Gasteiger partial charge in [0.15, 0.2) is 0 Å². The molecule has 0 radical (unpaired) electrons. The highest BCUT2D eigenvalue weighted by molar-refractivity contribution is 5.73. The van der Waals surface area contributed by atoms with Crippen LogP contribution in [0, 0.1) is 5.92 Å². The summed E-state index contributed by atoms with van der Waals surface area (Å²) in [5.74, 6) is -0.0245. The molecular weight excluding hydrogens is 445 g/mol. The van der Waals surface area contributed by atoms with Crippen LogP contribution in [0.25, 0.3) is 0 Å². The Morgan fingerprint density at radius 3 is 2.59 bits per heavy atom. The Morgan fingerprint density at radius 1 is 1.12 bits per heavy atom. The van der Waals surface area contributed by atoms with Gasteiger partial charge in [-0.25, -0.2) is 4.79 Å². The van der Waals surface area contributed by atoms with Crippen molar-refractivity contribution in [2.75, 3.05) is 39.0 Å². The first-order valence-corrected chi connectivity index (χ1v) is 11.6. The third-order valence-corrected chi connectivity index (χ3v) is 6.47. The smallest absolute Gasteiger partial charge is 0.378 e. The Balaban J connectivity index is 1.52. The predicted molar refractivity (Wildman–Crippen MR) is 125 cm³/mol. The number of amides is 2. The van der Waals surface area contributed by atoms with Crippen molar-refractivity contribution in [1.82, 2.24) is 15.5 Å². The van der Waals surface area contributed by atoms with Gasteiger partial charge in [0.1, 0.15) is 0 Å². The Morgan fingerprint density at radius 2 is 1.88 bits per heavy atom. The number of halogens is 3. The fourth-order valence-electron chi connectivity index (χ4n) is 4.74. The van der Waals surface area contributed by atoms with Crippen molar-refractivity contribution >= 4 is 11.7 Å². The second-order valence-corrected chi connectivity index (χ2v) is 9.19. The van der Waals surface area contributed by atoms with Crippen LogP contribution in [0.5, 0.6) is 0 Å². The van der Waals surface area contributed by atoms with Crippen LogP contribution in [-0.2, 0) is 10.9 Å². The number of likely N-dealkylation sites (N-methyl/N-ethyl adjacent to an activating group) is 1. The van der Waals surface area contributed by atoms with Crippen molar-refractivity contribution < 1.29 is 22.7 Å². The first-order valence-electron chi connectivity index (χ1n) is 11.6. The van der Waals surface area contributed by atoms with E-state index in [9.17, 15) is 18.0 Å². The largest absolute Gasteiger partial charge is 0.416 e. The van der Waals surface area contributed by atoms with Crippen LogP contribution >= 0.6 is 0 Å². The first-order chi connectivity index (χ1) is 16.2. The molecule has 2 aromatic rings. The van der Waals surface area contributed by atoms with Gasteiger partial charge in [0.2, 0.25) is 0 Å². The number of ether oxygens (including phenoxy) is 1. The minimum absolute atomic E-state index is 0.0245. The zero-order valence-electron chi connectivity index (χ0n) is 19.4. The molecule has 2 heterocycles. The number of rotatable bonds is 6. The molecule has 3 N–H and O–H groups in total. The van der Waals surface area contributed by atoms with Gasteiger partial charge in [-0.05, 0) is 50.7 Å². The number of urea groups is 1. The lowest BCUT2D eigenvalue weighted by Gasteiger charge is -2.46. The summed E-state index contributed by atoms with van der Waals surface area (Å²) >= 11 is 0. The lowest BCUT2D eigenvalue weighted by Crippen LogP contribution is -2.46. The van der Waals surface area contributed by atoms with Gasteiger partial charge < -0.3 is 25.6 Å². The molecule has 6 nitrogen and oxygen atoms in total. The second-order valence-electron chi connectivity index (χ2n) is 9.19. The fourth-order valence-corrected chi connectivity index (χ4v) is 4.74. The number of anilines is 1. The van der Waals surface area contributed by atoms with E-state index < -0.39 is 17.8 Å². The molecule has 0 aliphatic carbocycles. The summed E-state index contributed by atoms with van der Waals surface area (Å²) in [6.45, 7) is 1.55. The lowest BCUT2D eigenvalue weighted by atomic mass is 9.76. The summed E-state index contributed by atoms with van der Waals surface area (Å²) in [6.07, 6.45) is -3.74. The fraction of sp³-hybridized carbons (Fsp3) is 0.480. The molecule has 4 atom stereocenters. The van der Waals surface area contributed by atoms with Crippen LogP contribution in [-0.4, -0.2) is 50.8 Å². The molecule has 184 valence electrons. The number of benzene rings is 2. The number of carbonyl (C=O) groups is 1. The van der Waals surface area contributed by atoms with Crippen LogP contribution in [0.15, 0.2) is 48.5 Å². The molecule has 0 bridgehead atoms. The third-order valence-electron chi connectivity index (χ3n) is 6.47. The van der Waals surface area contributed by atoms with E-state index in [-0.39, 0.29) is 24.1 Å². The highest BCUT2D eigenvalue weighted by atomic mass is 19.4. The first kappa shape index (κ1) is 24.3. The number of nitrogens with zero attached hydrogens (tertiary/aromatic N) is 1. The zero-order valence-corrected chi connectivity index (χ0v) is 19.4.